The van der Waals surface area contributed by atoms with Gasteiger partial charge in [0.1, 0.15) is 4.75 Å². The van der Waals surface area contributed by atoms with Gasteiger partial charge in [0, 0.05) is 32.0 Å². The van der Waals surface area contributed by atoms with Crippen molar-refractivity contribution < 1.29 is 17.9 Å². The Bertz CT molecular complexity index is 506. The second-order valence-corrected chi connectivity index (χ2v) is 9.30. The predicted octanol–water partition coefficient (Wildman–Crippen LogP) is 1.23. The van der Waals surface area contributed by atoms with E-state index in [1.165, 1.54) is 12.8 Å². The first-order chi connectivity index (χ1) is 9.98. The number of nitrogens with zero attached hydrogens (tertiary/aromatic N) is 1. The molecule has 120 valence electrons. The molecule has 1 unspecified atom stereocenters. The van der Waals surface area contributed by atoms with E-state index < -0.39 is 14.6 Å². The van der Waals surface area contributed by atoms with Crippen LogP contribution in [0.1, 0.15) is 39.0 Å². The normalized spacial score (nSPS) is 29.6. The van der Waals surface area contributed by atoms with Gasteiger partial charge >= 0.3 is 0 Å². The van der Waals surface area contributed by atoms with Gasteiger partial charge in [-0.25, -0.2) is 8.42 Å². The molecule has 0 radical (unpaired) electrons. The third-order valence-corrected chi connectivity index (χ3v) is 7.80. The lowest BCUT2D eigenvalue weighted by molar-refractivity contribution is -0.138. The van der Waals surface area contributed by atoms with Gasteiger partial charge in [0.05, 0.1) is 12.4 Å². The number of amides is 1. The monoisotopic (exact) mass is 315 g/mol. The fourth-order valence-corrected chi connectivity index (χ4v) is 5.92. The average molecular weight is 315 g/mol. The van der Waals surface area contributed by atoms with E-state index in [1.807, 2.05) is 6.92 Å². The second-order valence-electron chi connectivity index (χ2n) is 6.85. The zero-order chi connectivity index (χ0) is 15.1. The van der Waals surface area contributed by atoms with Gasteiger partial charge in [-0.2, -0.15) is 0 Å². The highest BCUT2D eigenvalue weighted by Crippen LogP contribution is 2.45. The van der Waals surface area contributed by atoms with Crippen molar-refractivity contribution in [2.75, 3.05) is 32.1 Å². The van der Waals surface area contributed by atoms with Crippen LogP contribution in [0, 0.1) is 11.8 Å². The summed E-state index contributed by atoms with van der Waals surface area (Å²) < 4.78 is 29.9. The molecule has 3 rings (SSSR count). The Kier molecular flexibility index (Phi) is 4.03. The average Bonchev–Trinajstić information content (AvgIpc) is 3.13. The summed E-state index contributed by atoms with van der Waals surface area (Å²) in [6, 6.07) is 0. The molecule has 0 aromatic rings. The van der Waals surface area contributed by atoms with Crippen molar-refractivity contribution in [2.45, 2.75) is 43.8 Å². The highest BCUT2D eigenvalue weighted by molar-refractivity contribution is 7.93. The maximum Gasteiger partial charge on any atom is 0.222 e. The smallest absolute Gasteiger partial charge is 0.222 e. The van der Waals surface area contributed by atoms with Gasteiger partial charge in [0.2, 0.25) is 5.91 Å². The molecule has 3 fully saturated rings. The van der Waals surface area contributed by atoms with Gasteiger partial charge in [0.15, 0.2) is 9.84 Å². The molecule has 1 saturated carbocycles. The Morgan fingerprint density at radius 1 is 1.24 bits per heavy atom. The van der Waals surface area contributed by atoms with Crippen molar-refractivity contribution in [1.82, 2.24) is 4.90 Å². The lowest BCUT2D eigenvalue weighted by Crippen LogP contribution is -2.68. The van der Waals surface area contributed by atoms with Crippen LogP contribution in [0.15, 0.2) is 0 Å². The highest BCUT2D eigenvalue weighted by atomic mass is 32.2. The van der Waals surface area contributed by atoms with E-state index in [2.05, 4.69) is 0 Å². The van der Waals surface area contributed by atoms with Gasteiger partial charge in [-0.1, -0.05) is 6.92 Å². The maximum absolute atomic E-state index is 12.4. The van der Waals surface area contributed by atoms with Crippen LogP contribution in [0.25, 0.3) is 0 Å². The van der Waals surface area contributed by atoms with E-state index in [-0.39, 0.29) is 17.6 Å². The van der Waals surface area contributed by atoms with E-state index in [0.29, 0.717) is 38.5 Å². The van der Waals surface area contributed by atoms with Crippen molar-refractivity contribution in [3.63, 3.8) is 0 Å². The summed E-state index contributed by atoms with van der Waals surface area (Å²) in [5, 5.41) is 0. The molecule has 5 nitrogen and oxygen atoms in total. The number of hydrogen-bond donors (Lipinski definition) is 0. The molecule has 6 heteroatoms. The first-order valence-corrected chi connectivity index (χ1v) is 9.71. The molecule has 21 heavy (non-hydrogen) atoms. The van der Waals surface area contributed by atoms with Gasteiger partial charge in [-0.15, -0.1) is 0 Å². The third-order valence-electron chi connectivity index (χ3n) is 5.20. The maximum atomic E-state index is 12.4. The Hall–Kier alpha value is -0.620. The molecule has 0 aromatic carbocycles. The highest BCUT2D eigenvalue weighted by Gasteiger charge is 2.62. The van der Waals surface area contributed by atoms with Gasteiger partial charge in [0.25, 0.3) is 0 Å². The fourth-order valence-electron chi connectivity index (χ4n) is 3.52. The molecule has 0 aromatic heterocycles. The minimum Gasteiger partial charge on any atom is -0.381 e. The van der Waals surface area contributed by atoms with E-state index in [9.17, 15) is 13.2 Å². The zero-order valence-corrected chi connectivity index (χ0v) is 13.5. The number of carbonyl (C=O) groups excluding carboxylic acids is 1. The molecular weight excluding hydrogens is 290 g/mol. The Morgan fingerprint density at radius 2 is 1.95 bits per heavy atom. The molecule has 1 aliphatic carbocycles. The molecule has 0 bridgehead atoms. The number of hydrogen-bond acceptors (Lipinski definition) is 4. The standard InChI is InChI=1S/C15H25NO4S/c1-2-3-14(17)16-10-15(11-16)13(6-7-21(15,18)19)9-20-8-12-4-5-12/h12-13H,2-11H2,1H3. The first kappa shape index (κ1) is 15.3. The van der Waals surface area contributed by atoms with Crippen LogP contribution < -0.4 is 0 Å². The lowest BCUT2D eigenvalue weighted by atomic mass is 9.83. The molecule has 1 spiro atoms. The molecule has 1 atom stereocenters. The SMILES string of the molecule is CCCC(=O)N1CC2(C1)C(COCC1CC1)CCS2(=O)=O. The molecular formula is C15H25NO4S. The Morgan fingerprint density at radius 3 is 2.57 bits per heavy atom. The van der Waals surface area contributed by atoms with Gasteiger partial charge in [-0.3, -0.25) is 4.79 Å². The molecule has 2 aliphatic heterocycles. The van der Waals surface area contributed by atoms with Crippen LogP contribution in [-0.2, 0) is 19.4 Å². The molecule has 1 amide bonds. The quantitative estimate of drug-likeness (QED) is 0.739. The van der Waals surface area contributed by atoms with Crippen LogP contribution >= 0.6 is 0 Å². The third kappa shape index (κ3) is 2.72. The summed E-state index contributed by atoms with van der Waals surface area (Å²) >= 11 is 0. The summed E-state index contributed by atoms with van der Waals surface area (Å²) in [5.74, 6) is 1.10. The topological polar surface area (TPSA) is 63.7 Å². The van der Waals surface area contributed by atoms with Gasteiger partial charge < -0.3 is 9.64 Å². The molecule has 2 saturated heterocycles. The fraction of sp³-hybridized carbons (Fsp3) is 0.933. The Labute approximate surface area is 126 Å². The lowest BCUT2D eigenvalue weighted by Gasteiger charge is -2.50. The predicted molar refractivity (Wildman–Crippen MR) is 79.7 cm³/mol. The van der Waals surface area contributed by atoms with Crippen molar-refractivity contribution in [2.24, 2.45) is 11.8 Å². The van der Waals surface area contributed by atoms with E-state index in [4.69, 9.17) is 4.74 Å². The molecule has 3 aliphatic rings. The summed E-state index contributed by atoms with van der Waals surface area (Å²) in [7, 11) is -3.09. The summed E-state index contributed by atoms with van der Waals surface area (Å²) in [4.78, 5) is 13.6. The van der Waals surface area contributed by atoms with Crippen LogP contribution in [0.2, 0.25) is 0 Å². The van der Waals surface area contributed by atoms with Crippen molar-refractivity contribution >= 4 is 15.7 Å². The number of ether oxygens (including phenoxy) is 1. The number of likely N-dealkylation sites (tertiary alicyclic amines) is 1. The van der Waals surface area contributed by atoms with E-state index in [0.717, 1.165) is 13.0 Å². The van der Waals surface area contributed by atoms with Crippen LogP contribution in [-0.4, -0.2) is 56.0 Å². The Balaban J connectivity index is 1.61. The zero-order valence-electron chi connectivity index (χ0n) is 12.7. The van der Waals surface area contributed by atoms with Crippen molar-refractivity contribution in [1.29, 1.82) is 0 Å². The van der Waals surface area contributed by atoms with E-state index >= 15 is 0 Å². The van der Waals surface area contributed by atoms with E-state index in [1.54, 1.807) is 4.90 Å². The van der Waals surface area contributed by atoms with Gasteiger partial charge in [-0.05, 0) is 31.6 Å². The van der Waals surface area contributed by atoms with Crippen LogP contribution in [0.3, 0.4) is 0 Å². The summed E-state index contributed by atoms with van der Waals surface area (Å²) in [6.45, 7) is 4.03. The minimum absolute atomic E-state index is 0.0620. The van der Waals surface area contributed by atoms with Crippen molar-refractivity contribution in [3.05, 3.63) is 0 Å². The minimum atomic E-state index is -3.09. The van der Waals surface area contributed by atoms with Crippen molar-refractivity contribution in [3.8, 4) is 0 Å². The summed E-state index contributed by atoms with van der Waals surface area (Å²) in [5.41, 5.74) is 0. The second kappa shape index (κ2) is 5.54. The molecule has 2 heterocycles. The van der Waals surface area contributed by atoms with Crippen LogP contribution in [0.4, 0.5) is 0 Å². The first-order valence-electron chi connectivity index (χ1n) is 8.06. The number of carbonyl (C=O) groups is 1. The number of sulfone groups is 1. The number of rotatable bonds is 6. The molecule has 0 N–H and O–H groups in total. The summed E-state index contributed by atoms with van der Waals surface area (Å²) in [6.07, 6.45) is 4.49. The largest absolute Gasteiger partial charge is 0.381 e. The van der Waals surface area contributed by atoms with Crippen LogP contribution in [0.5, 0.6) is 0 Å².